The summed E-state index contributed by atoms with van der Waals surface area (Å²) in [5, 5.41) is 12.6. The first-order chi connectivity index (χ1) is 8.20. The van der Waals surface area contributed by atoms with Gasteiger partial charge in [0.15, 0.2) is 0 Å². The van der Waals surface area contributed by atoms with E-state index in [4.69, 9.17) is 5.26 Å². The van der Waals surface area contributed by atoms with Crippen molar-refractivity contribution in [3.8, 4) is 6.07 Å². The zero-order chi connectivity index (χ0) is 12.3. The molecule has 0 spiro atoms. The molecule has 1 fully saturated rings. The minimum atomic E-state index is 0.464. The monoisotopic (exact) mass is 228 g/mol. The Morgan fingerprint density at radius 1 is 1.35 bits per heavy atom. The fourth-order valence-electron chi connectivity index (χ4n) is 2.70. The molecule has 1 aromatic rings. The Morgan fingerprint density at radius 3 is 2.71 bits per heavy atom. The van der Waals surface area contributed by atoms with Crippen LogP contribution in [0.2, 0.25) is 0 Å². The van der Waals surface area contributed by atoms with Gasteiger partial charge in [0.1, 0.15) is 6.07 Å². The number of aryl methyl sites for hydroxylation is 1. The normalized spacial score (nSPS) is 17.7. The number of nitrogens with one attached hydrogen (secondary N) is 1. The lowest BCUT2D eigenvalue weighted by Gasteiger charge is -2.22. The molecule has 0 aromatic heterocycles. The van der Waals surface area contributed by atoms with Gasteiger partial charge in [0.25, 0.3) is 0 Å². The van der Waals surface area contributed by atoms with Crippen molar-refractivity contribution in [1.82, 2.24) is 0 Å². The van der Waals surface area contributed by atoms with E-state index in [1.54, 1.807) is 0 Å². The van der Waals surface area contributed by atoms with Crippen molar-refractivity contribution in [3.05, 3.63) is 29.3 Å². The summed E-state index contributed by atoms with van der Waals surface area (Å²) in [7, 11) is 0. The third kappa shape index (κ3) is 2.79. The molecule has 2 nitrogen and oxygen atoms in total. The van der Waals surface area contributed by atoms with Gasteiger partial charge in [-0.05, 0) is 50.3 Å². The molecule has 2 rings (SSSR count). The Balaban J connectivity index is 2.11. The van der Waals surface area contributed by atoms with Crippen molar-refractivity contribution >= 4 is 5.69 Å². The SMILES string of the molecule is Cc1ccc(C#N)c(NC(C)C2CCCC2)c1. The Morgan fingerprint density at radius 2 is 2.06 bits per heavy atom. The van der Waals surface area contributed by atoms with Gasteiger partial charge < -0.3 is 5.32 Å². The van der Waals surface area contributed by atoms with Gasteiger partial charge >= 0.3 is 0 Å². The third-order valence-electron chi connectivity index (χ3n) is 3.79. The molecule has 17 heavy (non-hydrogen) atoms. The summed E-state index contributed by atoms with van der Waals surface area (Å²) in [6.45, 7) is 4.30. The van der Waals surface area contributed by atoms with Gasteiger partial charge in [-0.15, -0.1) is 0 Å². The molecule has 0 amide bonds. The molecule has 1 aliphatic rings. The zero-order valence-electron chi connectivity index (χ0n) is 10.7. The first kappa shape index (κ1) is 12.0. The van der Waals surface area contributed by atoms with Gasteiger partial charge in [0, 0.05) is 6.04 Å². The molecular weight excluding hydrogens is 208 g/mol. The van der Waals surface area contributed by atoms with E-state index in [2.05, 4.69) is 31.3 Å². The Bertz CT molecular complexity index is 425. The van der Waals surface area contributed by atoms with Crippen LogP contribution < -0.4 is 5.32 Å². The summed E-state index contributed by atoms with van der Waals surface area (Å²) in [4.78, 5) is 0. The minimum Gasteiger partial charge on any atom is -0.381 e. The summed E-state index contributed by atoms with van der Waals surface area (Å²) < 4.78 is 0. The highest BCUT2D eigenvalue weighted by atomic mass is 14.9. The molecule has 0 radical (unpaired) electrons. The quantitative estimate of drug-likeness (QED) is 0.852. The van der Waals surface area contributed by atoms with Gasteiger partial charge in [0.05, 0.1) is 11.3 Å². The van der Waals surface area contributed by atoms with Crippen molar-refractivity contribution in [3.63, 3.8) is 0 Å². The van der Waals surface area contributed by atoms with E-state index in [1.165, 1.54) is 31.2 Å². The van der Waals surface area contributed by atoms with E-state index in [9.17, 15) is 0 Å². The Labute approximate surface area is 104 Å². The predicted octanol–water partition coefficient (Wildman–Crippen LogP) is 3.86. The maximum Gasteiger partial charge on any atom is 0.101 e. The van der Waals surface area contributed by atoms with E-state index in [-0.39, 0.29) is 0 Å². The molecule has 0 aliphatic heterocycles. The number of rotatable bonds is 3. The first-order valence-electron chi connectivity index (χ1n) is 6.48. The molecule has 2 heteroatoms. The van der Waals surface area contributed by atoms with Crippen molar-refractivity contribution in [2.75, 3.05) is 5.32 Å². The molecule has 1 unspecified atom stereocenters. The number of benzene rings is 1. The Hall–Kier alpha value is -1.49. The van der Waals surface area contributed by atoms with Crippen LogP contribution >= 0.6 is 0 Å². The van der Waals surface area contributed by atoms with Crippen LogP contribution in [0.25, 0.3) is 0 Å². The second-order valence-corrected chi connectivity index (χ2v) is 5.14. The predicted molar refractivity (Wildman–Crippen MR) is 70.9 cm³/mol. The van der Waals surface area contributed by atoms with Crippen molar-refractivity contribution in [2.24, 2.45) is 5.92 Å². The molecule has 1 saturated carbocycles. The lowest BCUT2D eigenvalue weighted by atomic mass is 9.99. The third-order valence-corrected chi connectivity index (χ3v) is 3.79. The number of nitrogens with zero attached hydrogens (tertiary/aromatic N) is 1. The average molecular weight is 228 g/mol. The van der Waals surface area contributed by atoms with Gasteiger partial charge in [-0.25, -0.2) is 0 Å². The van der Waals surface area contributed by atoms with E-state index in [1.807, 2.05) is 12.1 Å². The second kappa shape index (κ2) is 5.23. The maximum absolute atomic E-state index is 9.10. The summed E-state index contributed by atoms with van der Waals surface area (Å²) in [6.07, 6.45) is 5.36. The molecule has 0 heterocycles. The molecule has 1 aromatic carbocycles. The molecule has 0 bridgehead atoms. The molecule has 90 valence electrons. The van der Waals surface area contributed by atoms with E-state index in [0.717, 1.165) is 17.2 Å². The average Bonchev–Trinajstić information content (AvgIpc) is 2.83. The molecule has 1 atom stereocenters. The van der Waals surface area contributed by atoms with Crippen LogP contribution in [0, 0.1) is 24.2 Å². The summed E-state index contributed by atoms with van der Waals surface area (Å²) in [5.41, 5.74) is 2.94. The highest BCUT2D eigenvalue weighted by Crippen LogP contribution is 2.30. The highest BCUT2D eigenvalue weighted by Gasteiger charge is 2.21. The standard InChI is InChI=1S/C15H20N2/c1-11-7-8-14(10-16)15(9-11)17-12(2)13-5-3-4-6-13/h7-9,12-13,17H,3-6H2,1-2H3. The van der Waals surface area contributed by atoms with Crippen molar-refractivity contribution < 1.29 is 0 Å². The topological polar surface area (TPSA) is 35.8 Å². The van der Waals surface area contributed by atoms with Gasteiger partial charge in [-0.3, -0.25) is 0 Å². The van der Waals surface area contributed by atoms with Gasteiger partial charge in [-0.2, -0.15) is 5.26 Å². The van der Waals surface area contributed by atoms with Crippen LogP contribution in [0.1, 0.15) is 43.7 Å². The van der Waals surface area contributed by atoms with Crippen LogP contribution in [-0.2, 0) is 0 Å². The largest absolute Gasteiger partial charge is 0.381 e. The zero-order valence-corrected chi connectivity index (χ0v) is 10.7. The first-order valence-corrected chi connectivity index (χ1v) is 6.48. The van der Waals surface area contributed by atoms with Crippen LogP contribution in [0.3, 0.4) is 0 Å². The fourth-order valence-corrected chi connectivity index (χ4v) is 2.70. The lowest BCUT2D eigenvalue weighted by Crippen LogP contribution is -2.24. The van der Waals surface area contributed by atoms with E-state index in [0.29, 0.717) is 6.04 Å². The lowest BCUT2D eigenvalue weighted by molar-refractivity contribution is 0.482. The van der Waals surface area contributed by atoms with Crippen LogP contribution in [0.15, 0.2) is 18.2 Å². The van der Waals surface area contributed by atoms with Gasteiger partial charge in [0.2, 0.25) is 0 Å². The van der Waals surface area contributed by atoms with Crippen LogP contribution in [-0.4, -0.2) is 6.04 Å². The molecular formula is C15H20N2. The van der Waals surface area contributed by atoms with Crippen molar-refractivity contribution in [2.45, 2.75) is 45.6 Å². The summed E-state index contributed by atoms with van der Waals surface area (Å²) >= 11 is 0. The smallest absolute Gasteiger partial charge is 0.101 e. The second-order valence-electron chi connectivity index (χ2n) is 5.14. The summed E-state index contributed by atoms with van der Waals surface area (Å²) in [6, 6.07) is 8.69. The number of nitriles is 1. The van der Waals surface area contributed by atoms with Crippen molar-refractivity contribution in [1.29, 1.82) is 5.26 Å². The Kier molecular flexibility index (Phi) is 3.68. The van der Waals surface area contributed by atoms with Gasteiger partial charge in [-0.1, -0.05) is 18.9 Å². The fraction of sp³-hybridized carbons (Fsp3) is 0.533. The van der Waals surface area contributed by atoms with E-state index < -0.39 is 0 Å². The molecule has 1 N–H and O–H groups in total. The number of hydrogen-bond acceptors (Lipinski definition) is 2. The molecule has 0 saturated heterocycles. The van der Waals surface area contributed by atoms with E-state index >= 15 is 0 Å². The van der Waals surface area contributed by atoms with Crippen LogP contribution in [0.4, 0.5) is 5.69 Å². The number of hydrogen-bond donors (Lipinski definition) is 1. The number of anilines is 1. The maximum atomic E-state index is 9.10. The minimum absolute atomic E-state index is 0.464. The molecule has 1 aliphatic carbocycles. The highest BCUT2D eigenvalue weighted by molar-refractivity contribution is 5.59. The van der Waals surface area contributed by atoms with Crippen LogP contribution in [0.5, 0.6) is 0 Å². The summed E-state index contributed by atoms with van der Waals surface area (Å²) in [5.74, 6) is 0.766.